The predicted molar refractivity (Wildman–Crippen MR) is 135 cm³/mol. The Bertz CT molecular complexity index is 1340. The molecule has 0 atom stereocenters. The molecule has 184 valence electrons. The van der Waals surface area contributed by atoms with Gasteiger partial charge in [-0.2, -0.15) is 0 Å². The molecule has 0 aromatic heterocycles. The van der Waals surface area contributed by atoms with Crippen molar-refractivity contribution in [1.82, 2.24) is 4.90 Å². The maximum absolute atomic E-state index is 13.1. The normalized spacial score (nSPS) is 13.4. The highest BCUT2D eigenvalue weighted by molar-refractivity contribution is 6.37. The highest BCUT2D eigenvalue weighted by Crippen LogP contribution is 2.39. The molecule has 9 heteroatoms. The van der Waals surface area contributed by atoms with Crippen molar-refractivity contribution in [3.63, 3.8) is 0 Å². The van der Waals surface area contributed by atoms with Crippen LogP contribution in [0.4, 0.5) is 16.2 Å². The van der Waals surface area contributed by atoms with Gasteiger partial charge in [-0.3, -0.25) is 9.59 Å². The SMILES string of the molecule is COC(=O)Oc1ccc2c(c1)NC(=O)/C2=C(\Nc1cccc(C(=O)N(C)CCO)c1)c1ccccc1. The molecule has 36 heavy (non-hydrogen) atoms. The van der Waals surface area contributed by atoms with Gasteiger partial charge in [0.1, 0.15) is 5.75 Å². The molecular formula is C27H25N3O6. The van der Waals surface area contributed by atoms with E-state index in [1.54, 1.807) is 49.5 Å². The van der Waals surface area contributed by atoms with Gasteiger partial charge in [-0.15, -0.1) is 0 Å². The fraction of sp³-hybridized carbons (Fsp3) is 0.148. The lowest BCUT2D eigenvalue weighted by atomic mass is 9.99. The van der Waals surface area contributed by atoms with Crippen molar-refractivity contribution in [2.45, 2.75) is 0 Å². The van der Waals surface area contributed by atoms with Crippen molar-refractivity contribution in [1.29, 1.82) is 0 Å². The number of nitrogens with one attached hydrogen (secondary N) is 2. The van der Waals surface area contributed by atoms with Gasteiger partial charge in [0.15, 0.2) is 0 Å². The maximum atomic E-state index is 13.1. The number of carbonyl (C=O) groups excluding carboxylic acids is 3. The largest absolute Gasteiger partial charge is 0.513 e. The standard InChI is InChI=1S/C27H25N3O6/c1-30(13-14-31)26(33)18-9-6-10-19(15-18)28-24(17-7-4-3-5-8-17)23-21-12-11-20(36-27(34)35-2)16-22(21)29-25(23)32/h3-12,15-16,28,31H,13-14H2,1-2H3,(H,29,32)/b24-23-. The molecule has 0 saturated heterocycles. The summed E-state index contributed by atoms with van der Waals surface area (Å²) in [6.45, 7) is 0.0831. The number of benzene rings is 3. The second-order valence-corrected chi connectivity index (χ2v) is 7.99. The Morgan fingerprint density at radius 1 is 1.00 bits per heavy atom. The van der Waals surface area contributed by atoms with Crippen LogP contribution in [-0.4, -0.2) is 55.3 Å². The smallest absolute Gasteiger partial charge is 0.437 e. The molecule has 2 amide bonds. The van der Waals surface area contributed by atoms with E-state index in [1.807, 2.05) is 30.3 Å². The number of hydrogen-bond donors (Lipinski definition) is 3. The number of carbonyl (C=O) groups is 3. The number of nitrogens with zero attached hydrogens (tertiary/aromatic N) is 1. The Morgan fingerprint density at radius 2 is 1.75 bits per heavy atom. The number of rotatable bonds is 7. The Morgan fingerprint density at radius 3 is 2.47 bits per heavy atom. The van der Waals surface area contributed by atoms with Gasteiger partial charge in [-0.1, -0.05) is 36.4 Å². The van der Waals surface area contributed by atoms with Crippen molar-refractivity contribution in [3.05, 3.63) is 89.5 Å². The fourth-order valence-electron chi connectivity index (χ4n) is 3.83. The maximum Gasteiger partial charge on any atom is 0.513 e. The average molecular weight is 488 g/mol. The molecule has 3 aromatic carbocycles. The van der Waals surface area contributed by atoms with Gasteiger partial charge in [-0.25, -0.2) is 4.79 Å². The molecule has 9 nitrogen and oxygen atoms in total. The number of likely N-dealkylation sites (N-methyl/N-ethyl adjacent to an activating group) is 1. The summed E-state index contributed by atoms with van der Waals surface area (Å²) in [6.07, 6.45) is -0.860. The van der Waals surface area contributed by atoms with E-state index >= 15 is 0 Å². The van der Waals surface area contributed by atoms with Gasteiger partial charge < -0.3 is 30.1 Å². The molecule has 0 unspecified atom stereocenters. The first-order chi connectivity index (χ1) is 17.4. The summed E-state index contributed by atoms with van der Waals surface area (Å²) in [6, 6.07) is 21.1. The van der Waals surface area contributed by atoms with Crippen LogP contribution in [0.3, 0.4) is 0 Å². The molecule has 1 aliphatic rings. The minimum Gasteiger partial charge on any atom is -0.437 e. The number of aliphatic hydroxyl groups excluding tert-OH is 1. The third-order valence-corrected chi connectivity index (χ3v) is 5.58. The predicted octanol–water partition coefficient (Wildman–Crippen LogP) is 3.83. The Hall–Kier alpha value is -4.63. The van der Waals surface area contributed by atoms with Crippen molar-refractivity contribution in [2.75, 3.05) is 37.9 Å². The highest BCUT2D eigenvalue weighted by atomic mass is 16.7. The monoisotopic (exact) mass is 487 g/mol. The summed E-state index contributed by atoms with van der Waals surface area (Å²) in [5.74, 6) is -0.334. The van der Waals surface area contributed by atoms with Crippen LogP contribution in [0.1, 0.15) is 21.5 Å². The summed E-state index contributed by atoms with van der Waals surface area (Å²) in [7, 11) is 2.83. The average Bonchev–Trinajstić information content (AvgIpc) is 3.22. The van der Waals surface area contributed by atoms with Crippen LogP contribution in [0.15, 0.2) is 72.8 Å². The van der Waals surface area contributed by atoms with E-state index in [0.717, 1.165) is 5.56 Å². The van der Waals surface area contributed by atoms with Crippen LogP contribution in [-0.2, 0) is 9.53 Å². The van der Waals surface area contributed by atoms with Gasteiger partial charge in [-0.05, 0) is 35.9 Å². The van der Waals surface area contributed by atoms with Crippen molar-refractivity contribution >= 4 is 40.6 Å². The van der Waals surface area contributed by atoms with Crippen LogP contribution in [0.5, 0.6) is 5.75 Å². The van der Waals surface area contributed by atoms with Gasteiger partial charge in [0.2, 0.25) is 0 Å². The Kier molecular flexibility index (Phi) is 7.31. The topological polar surface area (TPSA) is 117 Å². The fourth-order valence-corrected chi connectivity index (χ4v) is 3.83. The number of methoxy groups -OCH3 is 1. The first-order valence-electron chi connectivity index (χ1n) is 11.2. The highest BCUT2D eigenvalue weighted by Gasteiger charge is 2.29. The van der Waals surface area contributed by atoms with Gasteiger partial charge in [0.05, 0.1) is 30.7 Å². The zero-order chi connectivity index (χ0) is 25.7. The van der Waals surface area contributed by atoms with Gasteiger partial charge in [0, 0.05) is 36.5 Å². The number of fused-ring (bicyclic) bond motifs is 1. The molecule has 0 saturated carbocycles. The first-order valence-corrected chi connectivity index (χ1v) is 11.2. The zero-order valence-electron chi connectivity index (χ0n) is 19.8. The molecule has 0 spiro atoms. The number of aliphatic hydroxyl groups is 1. The van der Waals surface area contributed by atoms with Gasteiger partial charge >= 0.3 is 6.16 Å². The van der Waals surface area contributed by atoms with Crippen LogP contribution in [0.25, 0.3) is 11.3 Å². The molecule has 3 N–H and O–H groups in total. The number of amides is 2. The van der Waals surface area contributed by atoms with E-state index in [1.165, 1.54) is 12.0 Å². The molecule has 4 rings (SSSR count). The minimum atomic E-state index is -0.860. The first kappa shape index (κ1) is 24.5. The molecule has 0 fully saturated rings. The number of hydrogen-bond acceptors (Lipinski definition) is 7. The van der Waals surface area contributed by atoms with Crippen molar-refractivity contribution in [3.8, 4) is 5.75 Å². The molecule has 0 bridgehead atoms. The molecule has 0 radical (unpaired) electrons. The molecule has 1 heterocycles. The third kappa shape index (κ3) is 5.21. The van der Waals surface area contributed by atoms with Crippen molar-refractivity contribution in [2.24, 2.45) is 0 Å². The van der Waals surface area contributed by atoms with E-state index in [-0.39, 0.29) is 30.7 Å². The third-order valence-electron chi connectivity index (χ3n) is 5.58. The quantitative estimate of drug-likeness (QED) is 0.263. The summed E-state index contributed by atoms with van der Waals surface area (Å²) in [5, 5.41) is 15.3. The number of ether oxygens (including phenoxy) is 2. The lowest BCUT2D eigenvalue weighted by Crippen LogP contribution is -2.29. The molecule has 1 aliphatic heterocycles. The van der Waals surface area contributed by atoms with Crippen LogP contribution < -0.4 is 15.4 Å². The molecule has 3 aromatic rings. The van der Waals surface area contributed by atoms with E-state index in [2.05, 4.69) is 15.4 Å². The summed E-state index contributed by atoms with van der Waals surface area (Å²) < 4.78 is 9.60. The van der Waals surface area contributed by atoms with Crippen LogP contribution in [0.2, 0.25) is 0 Å². The number of anilines is 2. The van der Waals surface area contributed by atoms with E-state index in [0.29, 0.717) is 33.8 Å². The second-order valence-electron chi connectivity index (χ2n) is 7.99. The summed E-state index contributed by atoms with van der Waals surface area (Å²) in [5.41, 5.74) is 3.86. The minimum absolute atomic E-state index is 0.134. The van der Waals surface area contributed by atoms with Crippen molar-refractivity contribution < 1.29 is 29.0 Å². The molecular weight excluding hydrogens is 462 g/mol. The van der Waals surface area contributed by atoms with Crippen LogP contribution >= 0.6 is 0 Å². The lowest BCUT2D eigenvalue weighted by Gasteiger charge is -2.18. The molecule has 0 aliphatic carbocycles. The van der Waals surface area contributed by atoms with Crippen LogP contribution in [0, 0.1) is 0 Å². The van der Waals surface area contributed by atoms with E-state index in [9.17, 15) is 14.4 Å². The second kappa shape index (κ2) is 10.7. The summed E-state index contributed by atoms with van der Waals surface area (Å²) >= 11 is 0. The Balaban J connectivity index is 1.76. The van der Waals surface area contributed by atoms with E-state index in [4.69, 9.17) is 9.84 Å². The van der Waals surface area contributed by atoms with Gasteiger partial charge in [0.25, 0.3) is 11.8 Å². The Labute approximate surface area is 208 Å². The lowest BCUT2D eigenvalue weighted by molar-refractivity contribution is -0.110. The zero-order valence-corrected chi connectivity index (χ0v) is 19.8. The van der Waals surface area contributed by atoms with E-state index < -0.39 is 6.16 Å². The summed E-state index contributed by atoms with van der Waals surface area (Å²) in [4.78, 5) is 38.8.